The fourth-order valence-corrected chi connectivity index (χ4v) is 1.80. The van der Waals surface area contributed by atoms with E-state index in [4.69, 9.17) is 5.73 Å². The second kappa shape index (κ2) is 5.79. The van der Waals surface area contributed by atoms with Gasteiger partial charge in [-0.15, -0.1) is 0 Å². The lowest BCUT2D eigenvalue weighted by atomic mass is 10.1. The predicted molar refractivity (Wildman–Crippen MR) is 64.8 cm³/mol. The van der Waals surface area contributed by atoms with Crippen molar-refractivity contribution in [3.8, 4) is 0 Å². The first-order valence-electron chi connectivity index (χ1n) is 5.96. The van der Waals surface area contributed by atoms with E-state index in [1.807, 2.05) is 17.8 Å². The van der Waals surface area contributed by atoms with E-state index in [0.717, 1.165) is 11.4 Å². The van der Waals surface area contributed by atoms with Gasteiger partial charge in [-0.1, -0.05) is 32.6 Å². The second-order valence-corrected chi connectivity index (χ2v) is 4.36. The number of hydrogen-bond donors (Lipinski definition) is 1. The Labute approximate surface area is 92.7 Å². The van der Waals surface area contributed by atoms with Crippen molar-refractivity contribution in [2.45, 2.75) is 58.9 Å². The summed E-state index contributed by atoms with van der Waals surface area (Å²) in [7, 11) is 0. The molecule has 1 unspecified atom stereocenters. The number of nitrogen functional groups attached to an aromatic ring is 1. The standard InChI is InChI=1S/C12H23N3/c1-4-5-6-7-8-11(3)15-12(13)10(2)9-14-15/h9,11H,4-8,13H2,1-3H3. The zero-order valence-corrected chi connectivity index (χ0v) is 10.2. The molecule has 0 amide bonds. The van der Waals surface area contributed by atoms with E-state index < -0.39 is 0 Å². The van der Waals surface area contributed by atoms with E-state index in [0.29, 0.717) is 6.04 Å². The molecule has 1 atom stereocenters. The maximum atomic E-state index is 5.93. The lowest BCUT2D eigenvalue weighted by molar-refractivity contribution is 0.441. The maximum Gasteiger partial charge on any atom is 0.124 e. The highest BCUT2D eigenvalue weighted by atomic mass is 15.3. The van der Waals surface area contributed by atoms with Crippen molar-refractivity contribution >= 4 is 5.82 Å². The van der Waals surface area contributed by atoms with Crippen LogP contribution in [0.1, 0.15) is 57.6 Å². The Kier molecular flexibility index (Phi) is 4.66. The number of hydrogen-bond acceptors (Lipinski definition) is 2. The monoisotopic (exact) mass is 209 g/mol. The van der Waals surface area contributed by atoms with Crippen LogP contribution in [-0.4, -0.2) is 9.78 Å². The summed E-state index contributed by atoms with van der Waals surface area (Å²) in [5, 5.41) is 4.31. The Morgan fingerprint density at radius 2 is 2.13 bits per heavy atom. The molecule has 2 N–H and O–H groups in total. The fourth-order valence-electron chi connectivity index (χ4n) is 1.80. The van der Waals surface area contributed by atoms with Crippen molar-refractivity contribution in [1.82, 2.24) is 9.78 Å². The summed E-state index contributed by atoms with van der Waals surface area (Å²) in [6.07, 6.45) is 8.23. The zero-order valence-electron chi connectivity index (χ0n) is 10.2. The number of rotatable bonds is 6. The van der Waals surface area contributed by atoms with Crippen LogP contribution in [0.25, 0.3) is 0 Å². The molecule has 3 heteroatoms. The van der Waals surface area contributed by atoms with E-state index in [1.54, 1.807) is 0 Å². The highest BCUT2D eigenvalue weighted by Crippen LogP contribution is 2.20. The van der Waals surface area contributed by atoms with Crippen molar-refractivity contribution in [3.63, 3.8) is 0 Å². The molecule has 0 bridgehead atoms. The largest absolute Gasteiger partial charge is 0.384 e. The van der Waals surface area contributed by atoms with Gasteiger partial charge in [0.15, 0.2) is 0 Å². The van der Waals surface area contributed by atoms with E-state index in [9.17, 15) is 0 Å². The summed E-state index contributed by atoms with van der Waals surface area (Å²) >= 11 is 0. The maximum absolute atomic E-state index is 5.93. The van der Waals surface area contributed by atoms with Gasteiger partial charge in [-0.05, 0) is 20.3 Å². The van der Waals surface area contributed by atoms with Crippen molar-refractivity contribution in [1.29, 1.82) is 0 Å². The third-order valence-electron chi connectivity index (χ3n) is 2.92. The van der Waals surface area contributed by atoms with Gasteiger partial charge in [-0.3, -0.25) is 0 Å². The minimum atomic E-state index is 0.426. The average molecular weight is 209 g/mol. The van der Waals surface area contributed by atoms with Gasteiger partial charge in [0.2, 0.25) is 0 Å². The quantitative estimate of drug-likeness (QED) is 0.730. The molecule has 0 aliphatic heterocycles. The molecule has 1 aromatic heterocycles. The Hall–Kier alpha value is -0.990. The molecule has 1 heterocycles. The molecule has 0 aliphatic carbocycles. The van der Waals surface area contributed by atoms with Gasteiger partial charge >= 0.3 is 0 Å². The SMILES string of the molecule is CCCCCCC(C)n1ncc(C)c1N. The molecule has 1 aromatic rings. The molecule has 0 saturated heterocycles. The third kappa shape index (κ3) is 3.26. The minimum Gasteiger partial charge on any atom is -0.384 e. The molecule has 0 aliphatic rings. The van der Waals surface area contributed by atoms with Crippen LogP contribution in [-0.2, 0) is 0 Å². The van der Waals surface area contributed by atoms with Gasteiger partial charge in [0.1, 0.15) is 5.82 Å². The first-order valence-corrected chi connectivity index (χ1v) is 5.96. The van der Waals surface area contributed by atoms with Crippen LogP contribution in [0.5, 0.6) is 0 Å². The van der Waals surface area contributed by atoms with Crippen molar-refractivity contribution in [3.05, 3.63) is 11.8 Å². The highest BCUT2D eigenvalue weighted by molar-refractivity contribution is 5.37. The normalized spacial score (nSPS) is 13.0. The van der Waals surface area contributed by atoms with Crippen molar-refractivity contribution in [2.24, 2.45) is 0 Å². The molecular weight excluding hydrogens is 186 g/mol. The van der Waals surface area contributed by atoms with Crippen LogP contribution in [0.4, 0.5) is 5.82 Å². The van der Waals surface area contributed by atoms with Crippen LogP contribution in [0.2, 0.25) is 0 Å². The van der Waals surface area contributed by atoms with Crippen molar-refractivity contribution < 1.29 is 0 Å². The van der Waals surface area contributed by atoms with Gasteiger partial charge in [0.25, 0.3) is 0 Å². The van der Waals surface area contributed by atoms with Gasteiger partial charge in [-0.2, -0.15) is 5.10 Å². The topological polar surface area (TPSA) is 43.8 Å². The molecule has 3 nitrogen and oxygen atoms in total. The third-order valence-corrected chi connectivity index (χ3v) is 2.92. The zero-order chi connectivity index (χ0) is 11.3. The summed E-state index contributed by atoms with van der Waals surface area (Å²) < 4.78 is 1.95. The van der Waals surface area contributed by atoms with Gasteiger partial charge < -0.3 is 5.73 Å². The summed E-state index contributed by atoms with van der Waals surface area (Å²) in [6, 6.07) is 0.426. The molecule has 86 valence electrons. The van der Waals surface area contributed by atoms with Crippen LogP contribution in [0.3, 0.4) is 0 Å². The lowest BCUT2D eigenvalue weighted by Crippen LogP contribution is -2.10. The molecule has 15 heavy (non-hydrogen) atoms. The number of nitrogens with zero attached hydrogens (tertiary/aromatic N) is 2. The Morgan fingerprint density at radius 3 is 2.67 bits per heavy atom. The number of aromatic nitrogens is 2. The van der Waals surface area contributed by atoms with E-state index >= 15 is 0 Å². The highest BCUT2D eigenvalue weighted by Gasteiger charge is 2.09. The molecular formula is C12H23N3. The molecule has 1 rings (SSSR count). The Balaban J connectivity index is 2.40. The van der Waals surface area contributed by atoms with Gasteiger partial charge in [0, 0.05) is 5.56 Å². The van der Waals surface area contributed by atoms with Crippen molar-refractivity contribution in [2.75, 3.05) is 5.73 Å². The molecule has 0 saturated carbocycles. The first-order chi connectivity index (χ1) is 7.16. The summed E-state index contributed by atoms with van der Waals surface area (Å²) in [5.41, 5.74) is 7.01. The van der Waals surface area contributed by atoms with Crippen LogP contribution in [0, 0.1) is 6.92 Å². The molecule has 0 aromatic carbocycles. The summed E-state index contributed by atoms with van der Waals surface area (Å²) in [5.74, 6) is 0.818. The van der Waals surface area contributed by atoms with Crippen LogP contribution in [0.15, 0.2) is 6.20 Å². The smallest absolute Gasteiger partial charge is 0.124 e. The second-order valence-electron chi connectivity index (χ2n) is 4.36. The number of aryl methyl sites for hydroxylation is 1. The summed E-state index contributed by atoms with van der Waals surface area (Å²) in [6.45, 7) is 6.43. The lowest BCUT2D eigenvalue weighted by Gasteiger charge is -2.13. The van der Waals surface area contributed by atoms with Crippen LogP contribution < -0.4 is 5.73 Å². The number of nitrogens with two attached hydrogens (primary N) is 1. The van der Waals surface area contributed by atoms with Gasteiger partial charge in [0.05, 0.1) is 12.2 Å². The molecule has 0 spiro atoms. The Bertz CT molecular complexity index is 291. The van der Waals surface area contributed by atoms with E-state index in [-0.39, 0.29) is 0 Å². The Morgan fingerprint density at radius 1 is 1.40 bits per heavy atom. The van der Waals surface area contributed by atoms with Crippen LogP contribution >= 0.6 is 0 Å². The molecule has 0 fully saturated rings. The molecule has 0 radical (unpaired) electrons. The summed E-state index contributed by atoms with van der Waals surface area (Å²) in [4.78, 5) is 0. The van der Waals surface area contributed by atoms with E-state index in [2.05, 4.69) is 18.9 Å². The predicted octanol–water partition coefficient (Wildman–Crippen LogP) is 3.31. The minimum absolute atomic E-state index is 0.426. The van der Waals surface area contributed by atoms with Gasteiger partial charge in [-0.25, -0.2) is 4.68 Å². The first kappa shape index (κ1) is 12.1. The average Bonchev–Trinajstić information content (AvgIpc) is 2.55. The number of unbranched alkanes of at least 4 members (excludes halogenated alkanes) is 3. The fraction of sp³-hybridized carbons (Fsp3) is 0.750. The number of anilines is 1. The van der Waals surface area contributed by atoms with E-state index in [1.165, 1.54) is 32.1 Å².